The molecule has 0 radical (unpaired) electrons. The van der Waals surface area contributed by atoms with Crippen molar-refractivity contribution in [3.63, 3.8) is 0 Å². The highest BCUT2D eigenvalue weighted by Gasteiger charge is 2.32. The minimum absolute atomic E-state index is 0.00312. The van der Waals surface area contributed by atoms with Gasteiger partial charge in [0.05, 0.1) is 0 Å². The molecule has 2 amide bonds. The number of aliphatic carboxylic acids is 1. The van der Waals surface area contributed by atoms with Crippen LogP contribution in [0.4, 0.5) is 4.79 Å². The van der Waals surface area contributed by atoms with Crippen LogP contribution in [-0.2, 0) is 14.3 Å². The number of hydrogen-bond donors (Lipinski definition) is 2. The Bertz CT molecular complexity index is 1020. The number of nitrogens with zero attached hydrogens (tertiary/aromatic N) is 1. The lowest BCUT2D eigenvalue weighted by Gasteiger charge is -2.40. The number of carboxylic acid groups (broad SMARTS) is 1. The first kappa shape index (κ1) is 24.8. The van der Waals surface area contributed by atoms with Crippen LogP contribution in [0.15, 0.2) is 48.5 Å². The predicted octanol–water partition coefficient (Wildman–Crippen LogP) is 4.80. The summed E-state index contributed by atoms with van der Waals surface area (Å²) in [7, 11) is 0. The summed E-state index contributed by atoms with van der Waals surface area (Å²) < 4.78 is 5.67. The van der Waals surface area contributed by atoms with Gasteiger partial charge in [0.15, 0.2) is 0 Å². The van der Waals surface area contributed by atoms with Gasteiger partial charge in [-0.3, -0.25) is 9.59 Å². The molecule has 2 N–H and O–H groups in total. The summed E-state index contributed by atoms with van der Waals surface area (Å²) in [5.41, 5.74) is 4.68. The lowest BCUT2D eigenvalue weighted by atomic mass is 9.93. The van der Waals surface area contributed by atoms with E-state index >= 15 is 0 Å². The highest BCUT2D eigenvalue weighted by molar-refractivity contribution is 5.80. The minimum atomic E-state index is -0.804. The van der Waals surface area contributed by atoms with Gasteiger partial charge in [0.25, 0.3) is 0 Å². The monoisotopic (exact) mass is 478 g/mol. The summed E-state index contributed by atoms with van der Waals surface area (Å²) in [6.07, 6.45) is 3.05. The molecule has 1 heterocycles. The second-order valence-corrected chi connectivity index (χ2v) is 9.61. The molecule has 7 heteroatoms. The normalized spacial score (nSPS) is 15.6. The van der Waals surface area contributed by atoms with Crippen molar-refractivity contribution < 1.29 is 24.2 Å². The second kappa shape index (κ2) is 11.4. The first-order valence-electron chi connectivity index (χ1n) is 12.6. The maximum Gasteiger partial charge on any atom is 0.407 e. The third-order valence-corrected chi connectivity index (χ3v) is 7.07. The quantitative estimate of drug-likeness (QED) is 0.484. The summed E-state index contributed by atoms with van der Waals surface area (Å²) in [5.74, 6) is -0.565. The van der Waals surface area contributed by atoms with Gasteiger partial charge in [0.1, 0.15) is 6.61 Å². The zero-order valence-corrected chi connectivity index (χ0v) is 20.2. The van der Waals surface area contributed by atoms with Gasteiger partial charge in [-0.05, 0) is 41.0 Å². The minimum Gasteiger partial charge on any atom is -0.481 e. The maximum absolute atomic E-state index is 12.7. The van der Waals surface area contributed by atoms with E-state index < -0.39 is 12.1 Å². The first-order valence-corrected chi connectivity index (χ1v) is 12.6. The Morgan fingerprint density at radius 2 is 1.69 bits per heavy atom. The summed E-state index contributed by atoms with van der Waals surface area (Å²) in [6, 6.07) is 16.1. The molecule has 7 nitrogen and oxygen atoms in total. The lowest BCUT2D eigenvalue weighted by molar-refractivity contribution is -0.139. The van der Waals surface area contributed by atoms with Crippen LogP contribution in [0.2, 0.25) is 0 Å². The van der Waals surface area contributed by atoms with Crippen molar-refractivity contribution in [1.82, 2.24) is 10.2 Å². The summed E-state index contributed by atoms with van der Waals surface area (Å²) >= 11 is 0. The van der Waals surface area contributed by atoms with Crippen molar-refractivity contribution in [2.45, 2.75) is 57.4 Å². The Hall–Kier alpha value is -3.35. The number of carbonyl (C=O) groups excluding carboxylic acids is 2. The number of unbranched alkanes of at least 4 members (excludes halogenated alkanes) is 1. The van der Waals surface area contributed by atoms with Crippen LogP contribution in [0.25, 0.3) is 11.1 Å². The zero-order valence-electron chi connectivity index (χ0n) is 20.2. The Balaban J connectivity index is 1.30. The molecule has 0 bridgehead atoms. The van der Waals surface area contributed by atoms with E-state index in [2.05, 4.69) is 36.5 Å². The number of benzene rings is 2. The summed E-state index contributed by atoms with van der Waals surface area (Å²) in [6.45, 7) is 3.51. The van der Waals surface area contributed by atoms with Crippen molar-refractivity contribution in [2.24, 2.45) is 5.92 Å². The number of carboxylic acids is 1. The number of carbonyl (C=O) groups is 3. The standard InChI is InChI=1S/C28H34N2O5/c1-2-3-8-20(15-26(31)30-16-19(17-30)13-14-27(32)33)29-28(34)35-18-25-23-11-6-4-9-21(23)22-10-5-7-12-24(22)25/h4-7,9-12,19-20,25H,2-3,8,13-18H2,1H3,(H,29,34)(H,32,33). The smallest absolute Gasteiger partial charge is 0.407 e. The number of nitrogens with one attached hydrogen (secondary N) is 1. The first-order chi connectivity index (χ1) is 17.0. The van der Waals surface area contributed by atoms with Gasteiger partial charge in [-0.2, -0.15) is 0 Å². The van der Waals surface area contributed by atoms with Crippen molar-refractivity contribution in [2.75, 3.05) is 19.7 Å². The molecule has 1 unspecified atom stereocenters. The Kier molecular flexibility index (Phi) is 8.06. The molecule has 186 valence electrons. The lowest BCUT2D eigenvalue weighted by Crippen LogP contribution is -2.51. The average Bonchev–Trinajstić information content (AvgIpc) is 3.13. The van der Waals surface area contributed by atoms with Crippen LogP contribution in [-0.4, -0.2) is 53.7 Å². The van der Waals surface area contributed by atoms with Crippen LogP contribution in [0.1, 0.15) is 62.5 Å². The van der Waals surface area contributed by atoms with Gasteiger partial charge < -0.3 is 20.1 Å². The number of alkyl carbamates (subject to hydrolysis) is 1. The molecule has 1 atom stereocenters. The average molecular weight is 479 g/mol. The van der Waals surface area contributed by atoms with E-state index in [0.29, 0.717) is 25.9 Å². The van der Waals surface area contributed by atoms with Gasteiger partial charge in [0, 0.05) is 37.9 Å². The van der Waals surface area contributed by atoms with Gasteiger partial charge in [-0.15, -0.1) is 0 Å². The topological polar surface area (TPSA) is 95.9 Å². The number of hydrogen-bond acceptors (Lipinski definition) is 4. The van der Waals surface area contributed by atoms with E-state index in [4.69, 9.17) is 9.84 Å². The van der Waals surface area contributed by atoms with Crippen LogP contribution in [0, 0.1) is 5.92 Å². The molecule has 2 aromatic carbocycles. The van der Waals surface area contributed by atoms with Crippen molar-refractivity contribution in [3.8, 4) is 11.1 Å². The second-order valence-electron chi connectivity index (χ2n) is 9.61. The summed E-state index contributed by atoms with van der Waals surface area (Å²) in [5, 5.41) is 11.7. The Morgan fingerprint density at radius 3 is 2.29 bits per heavy atom. The molecule has 4 rings (SSSR count). The fourth-order valence-corrected chi connectivity index (χ4v) is 5.11. The molecular formula is C28H34N2O5. The van der Waals surface area contributed by atoms with Crippen molar-refractivity contribution in [3.05, 3.63) is 59.7 Å². The molecular weight excluding hydrogens is 444 g/mol. The molecule has 1 fully saturated rings. The van der Waals surface area contributed by atoms with E-state index in [1.54, 1.807) is 4.90 Å². The molecule has 0 aromatic heterocycles. The fourth-order valence-electron chi connectivity index (χ4n) is 5.11. The molecule has 1 aliphatic carbocycles. The number of amides is 2. The van der Waals surface area contributed by atoms with Gasteiger partial charge in [-0.25, -0.2) is 4.79 Å². The fraction of sp³-hybridized carbons (Fsp3) is 0.464. The number of rotatable bonds is 11. The summed E-state index contributed by atoms with van der Waals surface area (Å²) in [4.78, 5) is 37.9. The largest absolute Gasteiger partial charge is 0.481 e. The van der Waals surface area contributed by atoms with Gasteiger partial charge >= 0.3 is 12.1 Å². The van der Waals surface area contributed by atoms with E-state index in [-0.39, 0.29) is 43.2 Å². The van der Waals surface area contributed by atoms with Gasteiger partial charge in [-0.1, -0.05) is 68.3 Å². The van der Waals surface area contributed by atoms with Crippen LogP contribution in [0.3, 0.4) is 0 Å². The molecule has 1 saturated heterocycles. The molecule has 1 aliphatic heterocycles. The predicted molar refractivity (Wildman–Crippen MR) is 133 cm³/mol. The van der Waals surface area contributed by atoms with Crippen LogP contribution < -0.4 is 5.32 Å². The van der Waals surface area contributed by atoms with Crippen molar-refractivity contribution in [1.29, 1.82) is 0 Å². The molecule has 2 aromatic rings. The molecule has 2 aliphatic rings. The van der Waals surface area contributed by atoms with Crippen LogP contribution in [0.5, 0.6) is 0 Å². The van der Waals surface area contributed by atoms with E-state index in [1.165, 1.54) is 11.1 Å². The molecule has 0 spiro atoms. The Morgan fingerprint density at radius 1 is 1.06 bits per heavy atom. The number of fused-ring (bicyclic) bond motifs is 3. The highest BCUT2D eigenvalue weighted by Crippen LogP contribution is 2.44. The van der Waals surface area contributed by atoms with Gasteiger partial charge in [0.2, 0.25) is 5.91 Å². The maximum atomic E-state index is 12.7. The zero-order chi connectivity index (χ0) is 24.8. The number of ether oxygens (including phenoxy) is 1. The third-order valence-electron chi connectivity index (χ3n) is 7.07. The third kappa shape index (κ3) is 6.02. The SMILES string of the molecule is CCCCC(CC(=O)N1CC(CCC(=O)O)C1)NC(=O)OCC1c2ccccc2-c2ccccc21. The number of likely N-dealkylation sites (tertiary alicyclic amines) is 1. The van der Waals surface area contributed by atoms with E-state index in [1.807, 2.05) is 24.3 Å². The highest BCUT2D eigenvalue weighted by atomic mass is 16.5. The molecule has 0 saturated carbocycles. The van der Waals surface area contributed by atoms with Crippen LogP contribution >= 0.6 is 0 Å². The van der Waals surface area contributed by atoms with Crippen molar-refractivity contribution >= 4 is 18.0 Å². The van der Waals surface area contributed by atoms with E-state index in [0.717, 1.165) is 24.0 Å². The van der Waals surface area contributed by atoms with E-state index in [9.17, 15) is 14.4 Å². The Labute approximate surface area is 206 Å². The molecule has 35 heavy (non-hydrogen) atoms.